The van der Waals surface area contributed by atoms with Gasteiger partial charge in [-0.25, -0.2) is 22.7 Å². The fraction of sp³-hybridized carbons (Fsp3) is 0.303. The lowest BCUT2D eigenvalue weighted by Crippen LogP contribution is -2.30. The van der Waals surface area contributed by atoms with Gasteiger partial charge in [-0.2, -0.15) is 8.42 Å². The second kappa shape index (κ2) is 17.7. The van der Waals surface area contributed by atoms with E-state index < -0.39 is 70.4 Å². The number of hydroxylamine groups is 2. The summed E-state index contributed by atoms with van der Waals surface area (Å²) in [6, 6.07) is 10.9. The molecule has 1 fully saturated rings. The number of benzene rings is 3. The van der Waals surface area contributed by atoms with Crippen molar-refractivity contribution in [2.24, 2.45) is 0 Å². The molecule has 290 valence electrons. The Kier molecular flexibility index (Phi) is 13.6. The number of hydrogen-bond acceptors (Lipinski definition) is 15. The topological polar surface area (TPSA) is 292 Å². The van der Waals surface area contributed by atoms with Gasteiger partial charge in [-0.3, -0.25) is 19.6 Å². The van der Waals surface area contributed by atoms with E-state index in [2.05, 4.69) is 9.56 Å². The van der Waals surface area contributed by atoms with Crippen molar-refractivity contribution in [2.45, 2.75) is 29.6 Å². The van der Waals surface area contributed by atoms with Crippen LogP contribution in [-0.2, 0) is 53.6 Å². The normalized spacial score (nSPS) is 13.3. The number of aromatic carboxylic acids is 1. The second-order valence-electron chi connectivity index (χ2n) is 11.3. The van der Waals surface area contributed by atoms with E-state index in [-0.39, 0.29) is 72.5 Å². The summed E-state index contributed by atoms with van der Waals surface area (Å²) in [5, 5.41) is 18.0. The number of ether oxygens (including phenoxy) is 3. The summed E-state index contributed by atoms with van der Waals surface area (Å²) in [6.07, 6.45) is 0.262. The van der Waals surface area contributed by atoms with Crippen LogP contribution in [0.5, 0.6) is 0 Å². The third-order valence-corrected chi connectivity index (χ3v) is 9.98. The molecule has 6 N–H and O–H groups in total. The molecular formula is C33H36N4O15S2. The molecule has 2 aromatic carbocycles. The highest BCUT2D eigenvalue weighted by Gasteiger charge is 2.33. The van der Waals surface area contributed by atoms with Crippen LogP contribution in [0.15, 0.2) is 62.7 Å². The van der Waals surface area contributed by atoms with Gasteiger partial charge < -0.3 is 34.3 Å². The number of carbonyl (C=O) groups is 4. The average molecular weight is 793 g/mol. The molecule has 21 heteroatoms. The first-order valence-corrected chi connectivity index (χ1v) is 18.8. The van der Waals surface area contributed by atoms with Gasteiger partial charge >= 0.3 is 11.9 Å². The number of nitrogens with one attached hydrogen (secondary N) is 2. The van der Waals surface area contributed by atoms with Gasteiger partial charge in [-0.1, -0.05) is 18.2 Å². The van der Waals surface area contributed by atoms with E-state index in [1.807, 2.05) is 0 Å². The molecule has 0 radical (unpaired) electrons. The molecule has 0 atom stereocenters. The molecule has 54 heavy (non-hydrogen) atoms. The molecule has 5 rings (SSSR count). The van der Waals surface area contributed by atoms with Crippen molar-refractivity contribution in [3.63, 3.8) is 0 Å². The lowest BCUT2D eigenvalue weighted by Gasteiger charge is -2.20. The van der Waals surface area contributed by atoms with Gasteiger partial charge in [0.15, 0.2) is 16.2 Å². The zero-order valence-electron chi connectivity index (χ0n) is 28.8. The Balaban J connectivity index is 0.000000506. The largest absolute Gasteiger partial charge is 0.478 e. The van der Waals surface area contributed by atoms with Crippen LogP contribution in [0.1, 0.15) is 30.1 Å². The van der Waals surface area contributed by atoms with Crippen LogP contribution >= 0.6 is 0 Å². The molecule has 2 aliphatic heterocycles. The van der Waals surface area contributed by atoms with Crippen molar-refractivity contribution >= 4 is 60.6 Å². The second-order valence-corrected chi connectivity index (χ2v) is 14.3. The molecule has 1 aliphatic carbocycles. The van der Waals surface area contributed by atoms with Crippen molar-refractivity contribution in [1.82, 2.24) is 9.79 Å². The third-order valence-electron chi connectivity index (χ3n) is 7.52. The molecule has 0 aromatic heterocycles. The van der Waals surface area contributed by atoms with Crippen LogP contribution in [0.4, 0.5) is 5.69 Å². The van der Waals surface area contributed by atoms with Crippen LogP contribution in [0.3, 0.4) is 0 Å². The van der Waals surface area contributed by atoms with Gasteiger partial charge in [-0.05, 0) is 35.9 Å². The number of methoxy groups -OCH3 is 1. The number of carboxylic acids is 1. The number of sulfonamides is 1. The van der Waals surface area contributed by atoms with Gasteiger partial charge in [0.1, 0.15) is 4.90 Å². The van der Waals surface area contributed by atoms with Crippen molar-refractivity contribution < 1.29 is 69.1 Å². The Morgan fingerprint density at radius 2 is 1.54 bits per heavy atom. The van der Waals surface area contributed by atoms with E-state index in [1.165, 1.54) is 36.4 Å². The summed E-state index contributed by atoms with van der Waals surface area (Å²) in [6.45, 7) is 2.21. The number of fused-ring (bicyclic) bond motifs is 2. The lowest BCUT2D eigenvalue weighted by atomic mass is 9.90. The lowest BCUT2D eigenvalue weighted by molar-refractivity contribution is -0.195. The maximum absolute atomic E-state index is 13.5. The Hall–Kier alpha value is -5.29. The van der Waals surface area contributed by atoms with Gasteiger partial charge in [-0.15, -0.1) is 5.06 Å². The summed E-state index contributed by atoms with van der Waals surface area (Å²) in [7, 11) is -7.98. The van der Waals surface area contributed by atoms with Gasteiger partial charge in [0.25, 0.3) is 21.9 Å². The quantitative estimate of drug-likeness (QED) is 0.0377. The summed E-state index contributed by atoms with van der Waals surface area (Å²) in [4.78, 5) is 46.8. The highest BCUT2D eigenvalue weighted by Crippen LogP contribution is 2.45. The monoisotopic (exact) mass is 792 g/mol. The number of carbonyl (C=O) groups excluding carboxylic acids is 3. The van der Waals surface area contributed by atoms with E-state index in [1.54, 1.807) is 13.2 Å². The summed E-state index contributed by atoms with van der Waals surface area (Å²) >= 11 is 0. The minimum absolute atomic E-state index is 0.00650. The minimum atomic E-state index is -5.07. The van der Waals surface area contributed by atoms with E-state index in [9.17, 15) is 45.7 Å². The number of amides is 2. The van der Waals surface area contributed by atoms with Crippen molar-refractivity contribution in [1.29, 1.82) is 5.41 Å². The van der Waals surface area contributed by atoms with Gasteiger partial charge in [0.2, 0.25) is 10.0 Å². The molecule has 2 aromatic rings. The summed E-state index contributed by atoms with van der Waals surface area (Å²) in [5.74, 6) is -3.43. The molecule has 0 unspecified atom stereocenters. The number of imide groups is 1. The Morgan fingerprint density at radius 1 is 0.907 bits per heavy atom. The van der Waals surface area contributed by atoms with Gasteiger partial charge in [0, 0.05) is 49.9 Å². The Morgan fingerprint density at radius 3 is 2.15 bits per heavy atom. The molecule has 2 amide bonds. The van der Waals surface area contributed by atoms with Gasteiger partial charge in [0.05, 0.1) is 49.6 Å². The zero-order valence-corrected chi connectivity index (χ0v) is 30.5. The number of carboxylic acid groups (broad SMARTS) is 1. The SMILES string of the molecule is CC(=O)ON1C(=O)CCC1=O.COCCOCCOCCNS(=O)(=O)c1c(N)ccc2c(-c3ccccc3C(=O)O)c3ccc(=N)c(S(=O)(=O)O)c-3oc12. The molecule has 19 nitrogen and oxygen atoms in total. The summed E-state index contributed by atoms with van der Waals surface area (Å²) in [5.41, 5.74) is 5.45. The first kappa shape index (κ1) is 41.5. The number of rotatable bonds is 15. The highest BCUT2D eigenvalue weighted by molar-refractivity contribution is 7.90. The van der Waals surface area contributed by atoms with Crippen LogP contribution < -0.4 is 15.8 Å². The maximum Gasteiger partial charge on any atom is 0.336 e. The smallest absolute Gasteiger partial charge is 0.336 e. The zero-order chi connectivity index (χ0) is 39.8. The Labute approximate surface area is 308 Å². The predicted molar refractivity (Wildman–Crippen MR) is 187 cm³/mol. The highest BCUT2D eigenvalue weighted by atomic mass is 32.2. The van der Waals surface area contributed by atoms with Crippen molar-refractivity contribution in [3.05, 3.63) is 59.5 Å². The van der Waals surface area contributed by atoms with Crippen molar-refractivity contribution in [3.8, 4) is 22.5 Å². The third kappa shape index (κ3) is 9.62. The first-order chi connectivity index (χ1) is 25.5. The van der Waals surface area contributed by atoms with E-state index in [4.69, 9.17) is 29.8 Å². The maximum atomic E-state index is 13.5. The molecular weight excluding hydrogens is 757 g/mol. The standard InChI is InChI=1S/C27H29N3O11S2.C6H7NO4/c1-38-12-13-40-15-14-39-11-10-30-42(33,34)25-20(28)8-6-18-22(16-4-2-3-5-17(16)27(31)32)19-7-9-21(29)26(43(35,36)37)24(19)41-23(18)25;1-4(8)11-7-5(9)2-3-6(7)10/h2-9,29-30H,10-15,28H2,1H3,(H,31,32)(H,35,36,37);2-3H2,1H3. The van der Waals surface area contributed by atoms with Crippen LogP contribution in [0, 0.1) is 5.41 Å². The van der Waals surface area contributed by atoms with Crippen LogP contribution in [-0.4, -0.2) is 102 Å². The summed E-state index contributed by atoms with van der Waals surface area (Å²) < 4.78 is 85.6. The molecule has 2 heterocycles. The van der Waals surface area contributed by atoms with Crippen LogP contribution in [0.25, 0.3) is 33.4 Å². The fourth-order valence-corrected chi connectivity index (χ4v) is 7.27. The number of anilines is 1. The molecule has 1 saturated heterocycles. The van der Waals surface area contributed by atoms with Crippen LogP contribution in [0.2, 0.25) is 0 Å². The number of nitrogens with two attached hydrogens (primary N) is 1. The fourth-order valence-electron chi connectivity index (χ4n) is 5.27. The molecule has 0 saturated carbocycles. The van der Waals surface area contributed by atoms with E-state index in [0.29, 0.717) is 18.3 Å². The number of hydrogen-bond donors (Lipinski definition) is 5. The number of nitrogens with zero attached hydrogens (tertiary/aromatic N) is 1. The molecule has 0 spiro atoms. The number of nitrogen functional groups attached to an aromatic ring is 1. The first-order valence-electron chi connectivity index (χ1n) is 15.8. The Bertz CT molecular complexity index is 2310. The molecule has 0 bridgehead atoms. The van der Waals surface area contributed by atoms with E-state index in [0.717, 1.165) is 13.0 Å². The van der Waals surface area contributed by atoms with Crippen molar-refractivity contribution in [2.75, 3.05) is 52.4 Å². The van der Waals surface area contributed by atoms with E-state index >= 15 is 0 Å². The molecule has 3 aliphatic rings. The predicted octanol–water partition coefficient (Wildman–Crippen LogP) is 1.78. The minimum Gasteiger partial charge on any atom is -0.478 e. The average Bonchev–Trinajstić information content (AvgIpc) is 3.41.